The molecule has 6 nitrogen and oxygen atoms in total. The maximum atomic E-state index is 14.3. The van der Waals surface area contributed by atoms with Gasteiger partial charge in [0.25, 0.3) is 0 Å². The molecule has 27 heavy (non-hydrogen) atoms. The molecule has 0 atom stereocenters. The first-order chi connectivity index (χ1) is 13.2. The van der Waals surface area contributed by atoms with E-state index in [0.717, 1.165) is 5.56 Å². The van der Waals surface area contributed by atoms with Crippen LogP contribution in [0, 0.1) is 12.7 Å². The Balaban J connectivity index is 1.69. The van der Waals surface area contributed by atoms with Crippen molar-refractivity contribution in [3.05, 3.63) is 77.7 Å². The van der Waals surface area contributed by atoms with Gasteiger partial charge in [-0.1, -0.05) is 59.4 Å². The number of rotatable bonds is 6. The third-order valence-corrected chi connectivity index (χ3v) is 4.86. The number of hydrogen-bond donors (Lipinski definition) is 0. The number of nitrogens with zero attached hydrogens (tertiary/aromatic N) is 5. The molecule has 0 aliphatic rings. The van der Waals surface area contributed by atoms with Crippen molar-refractivity contribution in [3.8, 4) is 11.4 Å². The quantitative estimate of drug-likeness (QED) is 0.468. The number of aryl methyl sites for hydroxylation is 1. The number of hydrogen-bond acceptors (Lipinski definition) is 6. The summed E-state index contributed by atoms with van der Waals surface area (Å²) in [6, 6.07) is 16.5. The molecule has 0 amide bonds. The molecule has 0 aliphatic heterocycles. The topological polar surface area (TPSA) is 69.6 Å². The highest BCUT2D eigenvalue weighted by Gasteiger charge is 2.18. The van der Waals surface area contributed by atoms with Crippen LogP contribution < -0.4 is 0 Å². The maximum Gasteiger partial charge on any atom is 0.237 e. The number of halogens is 1. The molecular weight excluding hydrogens is 365 g/mol. The molecule has 4 rings (SSSR count). The van der Waals surface area contributed by atoms with Gasteiger partial charge >= 0.3 is 0 Å². The van der Waals surface area contributed by atoms with E-state index in [1.165, 1.54) is 17.8 Å². The fourth-order valence-corrected chi connectivity index (χ4v) is 3.45. The van der Waals surface area contributed by atoms with Crippen molar-refractivity contribution >= 4 is 11.8 Å². The van der Waals surface area contributed by atoms with Gasteiger partial charge in [0.2, 0.25) is 5.89 Å². The predicted octanol–water partition coefficient (Wildman–Crippen LogP) is 4.12. The minimum absolute atomic E-state index is 0.330. The second-order valence-corrected chi connectivity index (χ2v) is 6.82. The van der Waals surface area contributed by atoms with E-state index in [4.69, 9.17) is 4.52 Å². The van der Waals surface area contributed by atoms with Crippen LogP contribution in [0.25, 0.3) is 11.4 Å². The SMILES string of the molecule is Cc1noc(CSc2nnc(-c3ccccc3F)n2Cc2ccccc2)n1. The van der Waals surface area contributed by atoms with Crippen LogP contribution in [0.15, 0.2) is 64.3 Å². The van der Waals surface area contributed by atoms with E-state index in [2.05, 4.69) is 20.3 Å². The molecule has 2 aromatic heterocycles. The molecule has 8 heteroatoms. The van der Waals surface area contributed by atoms with Gasteiger partial charge in [-0.2, -0.15) is 4.98 Å². The highest BCUT2D eigenvalue weighted by Crippen LogP contribution is 2.28. The van der Waals surface area contributed by atoms with Gasteiger partial charge in [-0.3, -0.25) is 4.57 Å². The van der Waals surface area contributed by atoms with Crippen LogP contribution in [0.3, 0.4) is 0 Å². The molecular formula is C19H16FN5OS. The molecule has 2 aromatic carbocycles. The first kappa shape index (κ1) is 17.4. The van der Waals surface area contributed by atoms with Crippen molar-refractivity contribution in [2.24, 2.45) is 0 Å². The summed E-state index contributed by atoms with van der Waals surface area (Å²) >= 11 is 1.42. The molecule has 0 saturated carbocycles. The van der Waals surface area contributed by atoms with Crippen LogP contribution in [0.1, 0.15) is 17.3 Å². The Hall–Kier alpha value is -3.00. The number of thioether (sulfide) groups is 1. The Labute approximate surface area is 159 Å². The van der Waals surface area contributed by atoms with Crippen LogP contribution in [-0.2, 0) is 12.3 Å². The molecule has 0 saturated heterocycles. The Kier molecular flexibility index (Phi) is 4.97. The minimum atomic E-state index is -0.330. The molecule has 0 aliphatic carbocycles. The third kappa shape index (κ3) is 3.90. The van der Waals surface area contributed by atoms with Crippen molar-refractivity contribution in [1.29, 1.82) is 0 Å². The summed E-state index contributed by atoms with van der Waals surface area (Å²) in [5.74, 6) is 1.72. The minimum Gasteiger partial charge on any atom is -0.338 e. The standard InChI is InChI=1S/C19H16FN5OS/c1-13-21-17(26-24-13)12-27-19-23-22-18(15-9-5-6-10-16(15)20)25(19)11-14-7-3-2-4-8-14/h2-10H,11-12H2,1H3. The fraction of sp³-hybridized carbons (Fsp3) is 0.158. The van der Waals surface area contributed by atoms with E-state index in [-0.39, 0.29) is 5.82 Å². The molecule has 2 heterocycles. The molecule has 0 radical (unpaired) electrons. The fourth-order valence-electron chi connectivity index (χ4n) is 2.67. The van der Waals surface area contributed by atoms with Crippen molar-refractivity contribution in [2.45, 2.75) is 24.4 Å². The molecule has 136 valence electrons. The Morgan fingerprint density at radius 3 is 2.56 bits per heavy atom. The molecule has 0 spiro atoms. The van der Waals surface area contributed by atoms with Crippen LogP contribution >= 0.6 is 11.8 Å². The van der Waals surface area contributed by atoms with Gasteiger partial charge < -0.3 is 4.52 Å². The molecule has 4 aromatic rings. The first-order valence-corrected chi connectivity index (χ1v) is 9.33. The van der Waals surface area contributed by atoms with Crippen LogP contribution in [0.2, 0.25) is 0 Å². The van der Waals surface area contributed by atoms with E-state index in [0.29, 0.717) is 40.6 Å². The zero-order valence-corrected chi connectivity index (χ0v) is 15.4. The first-order valence-electron chi connectivity index (χ1n) is 8.35. The van der Waals surface area contributed by atoms with Crippen molar-refractivity contribution in [3.63, 3.8) is 0 Å². The largest absolute Gasteiger partial charge is 0.338 e. The smallest absolute Gasteiger partial charge is 0.237 e. The van der Waals surface area contributed by atoms with Crippen molar-refractivity contribution in [1.82, 2.24) is 24.9 Å². The highest BCUT2D eigenvalue weighted by atomic mass is 32.2. The van der Waals surface area contributed by atoms with Gasteiger partial charge in [0.15, 0.2) is 16.8 Å². The van der Waals surface area contributed by atoms with Gasteiger partial charge in [0.05, 0.1) is 17.9 Å². The second kappa shape index (κ2) is 7.71. The van der Waals surface area contributed by atoms with Gasteiger partial charge in [-0.25, -0.2) is 4.39 Å². The molecule has 0 N–H and O–H groups in total. The summed E-state index contributed by atoms with van der Waals surface area (Å²) in [6.07, 6.45) is 0. The van der Waals surface area contributed by atoms with Crippen molar-refractivity contribution < 1.29 is 8.91 Å². The van der Waals surface area contributed by atoms with Gasteiger partial charge in [0, 0.05) is 0 Å². The molecule has 0 bridgehead atoms. The van der Waals surface area contributed by atoms with E-state index in [1.807, 2.05) is 34.9 Å². The van der Waals surface area contributed by atoms with E-state index in [9.17, 15) is 4.39 Å². The Morgan fingerprint density at radius 1 is 1.04 bits per heavy atom. The van der Waals surface area contributed by atoms with Gasteiger partial charge in [-0.05, 0) is 24.6 Å². The molecule has 0 unspecified atom stereocenters. The summed E-state index contributed by atoms with van der Waals surface area (Å²) in [7, 11) is 0. The number of benzene rings is 2. The van der Waals surface area contributed by atoms with Crippen molar-refractivity contribution in [2.75, 3.05) is 0 Å². The van der Waals surface area contributed by atoms with Gasteiger partial charge in [0.1, 0.15) is 5.82 Å². The van der Waals surface area contributed by atoms with Crippen LogP contribution in [0.5, 0.6) is 0 Å². The highest BCUT2D eigenvalue weighted by molar-refractivity contribution is 7.98. The Morgan fingerprint density at radius 2 is 1.81 bits per heavy atom. The van der Waals surface area contributed by atoms with Crippen LogP contribution in [-0.4, -0.2) is 24.9 Å². The van der Waals surface area contributed by atoms with E-state index in [1.54, 1.807) is 25.1 Å². The summed E-state index contributed by atoms with van der Waals surface area (Å²) in [4.78, 5) is 4.20. The van der Waals surface area contributed by atoms with E-state index < -0.39 is 0 Å². The lowest BCUT2D eigenvalue weighted by atomic mass is 10.2. The average Bonchev–Trinajstić information content (AvgIpc) is 3.27. The lowest BCUT2D eigenvalue weighted by Crippen LogP contribution is -2.05. The second-order valence-electron chi connectivity index (χ2n) is 5.88. The lowest BCUT2D eigenvalue weighted by Gasteiger charge is -2.10. The number of aromatic nitrogens is 5. The van der Waals surface area contributed by atoms with E-state index >= 15 is 0 Å². The van der Waals surface area contributed by atoms with Crippen LogP contribution in [0.4, 0.5) is 4.39 Å². The maximum absolute atomic E-state index is 14.3. The third-order valence-electron chi connectivity index (χ3n) is 3.91. The zero-order chi connectivity index (χ0) is 18.6. The lowest BCUT2D eigenvalue weighted by molar-refractivity contribution is 0.387. The summed E-state index contributed by atoms with van der Waals surface area (Å²) in [5, 5.41) is 13.0. The average molecular weight is 381 g/mol. The summed E-state index contributed by atoms with van der Waals surface area (Å²) in [6.45, 7) is 2.30. The molecule has 0 fully saturated rings. The predicted molar refractivity (Wildman–Crippen MR) is 99.6 cm³/mol. The Bertz CT molecular complexity index is 1050. The summed E-state index contributed by atoms with van der Waals surface area (Å²) < 4.78 is 21.4. The normalized spacial score (nSPS) is 11.0. The monoisotopic (exact) mass is 381 g/mol. The van der Waals surface area contributed by atoms with Gasteiger partial charge in [-0.15, -0.1) is 10.2 Å². The zero-order valence-electron chi connectivity index (χ0n) is 14.5. The summed E-state index contributed by atoms with van der Waals surface area (Å²) in [5.41, 5.74) is 1.49.